The Morgan fingerprint density at radius 3 is 2.48 bits per heavy atom. The smallest absolute Gasteiger partial charge is 0.256 e. The predicted molar refractivity (Wildman–Crippen MR) is 88.5 cm³/mol. The van der Waals surface area contributed by atoms with E-state index in [-0.39, 0.29) is 5.91 Å². The fourth-order valence-electron chi connectivity index (χ4n) is 2.92. The van der Waals surface area contributed by atoms with Crippen LogP contribution in [-0.2, 0) is 0 Å². The summed E-state index contributed by atoms with van der Waals surface area (Å²) >= 11 is 0. The molecule has 2 rings (SSSR count). The Morgan fingerprint density at radius 1 is 1.19 bits per heavy atom. The number of rotatable bonds is 6. The molecule has 0 saturated carbocycles. The molecule has 114 valence electrons. The van der Waals surface area contributed by atoms with Crippen molar-refractivity contribution in [2.24, 2.45) is 5.92 Å². The number of aromatic amines is 1. The largest absolute Gasteiger partial charge is 0.360 e. The van der Waals surface area contributed by atoms with Crippen molar-refractivity contribution in [3.63, 3.8) is 0 Å². The van der Waals surface area contributed by atoms with Gasteiger partial charge in [-0.3, -0.25) is 4.79 Å². The van der Waals surface area contributed by atoms with Gasteiger partial charge in [-0.15, -0.1) is 0 Å². The van der Waals surface area contributed by atoms with Crippen LogP contribution in [0.4, 0.5) is 0 Å². The summed E-state index contributed by atoms with van der Waals surface area (Å²) in [6, 6.07) is 8.31. The molecule has 1 aromatic heterocycles. The van der Waals surface area contributed by atoms with E-state index < -0.39 is 0 Å². The normalized spacial score (nSPS) is 11.5. The third kappa shape index (κ3) is 3.29. The highest BCUT2D eigenvalue weighted by molar-refractivity contribution is 6.06. The Labute approximate surface area is 127 Å². The molecule has 0 aliphatic heterocycles. The topological polar surface area (TPSA) is 36.1 Å². The molecule has 0 saturated heterocycles. The quantitative estimate of drug-likeness (QED) is 0.836. The van der Waals surface area contributed by atoms with Gasteiger partial charge in [0.25, 0.3) is 5.91 Å². The average molecular weight is 286 g/mol. The Kier molecular flexibility index (Phi) is 5.05. The number of H-pyrrole nitrogens is 1. The number of fused-ring (bicyclic) bond motifs is 1. The molecule has 0 aliphatic carbocycles. The number of nitrogens with one attached hydrogen (secondary N) is 1. The van der Waals surface area contributed by atoms with E-state index in [1.807, 2.05) is 30.5 Å². The molecule has 1 heterocycles. The van der Waals surface area contributed by atoms with E-state index >= 15 is 0 Å². The van der Waals surface area contributed by atoms with Gasteiger partial charge in [0.2, 0.25) is 0 Å². The highest BCUT2D eigenvalue weighted by Gasteiger charge is 2.24. The van der Waals surface area contributed by atoms with Crippen LogP contribution in [0.1, 0.15) is 50.9 Å². The highest BCUT2D eigenvalue weighted by atomic mass is 16.2. The zero-order valence-corrected chi connectivity index (χ0v) is 13.5. The van der Waals surface area contributed by atoms with Crippen molar-refractivity contribution in [2.75, 3.05) is 6.54 Å². The first-order valence-corrected chi connectivity index (χ1v) is 7.95. The zero-order chi connectivity index (χ0) is 15.4. The maximum absolute atomic E-state index is 13.0. The van der Waals surface area contributed by atoms with Crippen LogP contribution in [0.3, 0.4) is 0 Å². The lowest BCUT2D eigenvalue weighted by Gasteiger charge is -2.32. The number of hydrogen-bond acceptors (Lipinski definition) is 1. The summed E-state index contributed by atoms with van der Waals surface area (Å²) in [6.07, 6.45) is 3.84. The number of aromatic nitrogens is 1. The van der Waals surface area contributed by atoms with Gasteiger partial charge in [0.05, 0.1) is 5.56 Å². The lowest BCUT2D eigenvalue weighted by atomic mass is 10.0. The van der Waals surface area contributed by atoms with Crippen LogP contribution in [0.25, 0.3) is 10.9 Å². The van der Waals surface area contributed by atoms with Crippen molar-refractivity contribution in [3.05, 3.63) is 36.0 Å². The molecule has 0 aliphatic rings. The van der Waals surface area contributed by atoms with E-state index in [1.54, 1.807) is 0 Å². The van der Waals surface area contributed by atoms with E-state index in [0.717, 1.165) is 35.9 Å². The molecule has 0 bridgehead atoms. The molecule has 0 radical (unpaired) electrons. The molecule has 0 fully saturated rings. The van der Waals surface area contributed by atoms with Gasteiger partial charge in [-0.05, 0) is 24.8 Å². The summed E-state index contributed by atoms with van der Waals surface area (Å²) in [5, 5.41) is 1.02. The standard InChI is InChI=1S/C18H26N2O/c1-5-14(6-2)20(12-13(3)4)18(21)16-11-19-17-10-8-7-9-15(16)17/h7-11,13-14,19H,5-6,12H2,1-4H3. The van der Waals surface area contributed by atoms with Crippen molar-refractivity contribution >= 4 is 16.8 Å². The van der Waals surface area contributed by atoms with Crippen LogP contribution in [0.15, 0.2) is 30.5 Å². The molecular weight excluding hydrogens is 260 g/mol. The fraction of sp³-hybridized carbons (Fsp3) is 0.500. The van der Waals surface area contributed by atoms with Crippen molar-refractivity contribution in [1.29, 1.82) is 0 Å². The van der Waals surface area contributed by atoms with Gasteiger partial charge in [-0.2, -0.15) is 0 Å². The summed E-state index contributed by atoms with van der Waals surface area (Å²) in [6.45, 7) is 9.45. The minimum absolute atomic E-state index is 0.148. The molecule has 21 heavy (non-hydrogen) atoms. The molecule has 2 aromatic rings. The highest BCUT2D eigenvalue weighted by Crippen LogP contribution is 2.22. The summed E-state index contributed by atoms with van der Waals surface area (Å²) in [7, 11) is 0. The van der Waals surface area contributed by atoms with E-state index in [9.17, 15) is 4.79 Å². The number of carbonyl (C=O) groups is 1. The fourth-order valence-corrected chi connectivity index (χ4v) is 2.92. The van der Waals surface area contributed by atoms with Gasteiger partial charge in [0.1, 0.15) is 0 Å². The maximum atomic E-state index is 13.0. The Hall–Kier alpha value is -1.77. The zero-order valence-electron chi connectivity index (χ0n) is 13.5. The predicted octanol–water partition coefficient (Wildman–Crippen LogP) is 4.45. The second-order valence-corrected chi connectivity index (χ2v) is 6.07. The molecular formula is C18H26N2O. The van der Waals surface area contributed by atoms with E-state index in [2.05, 4.69) is 37.6 Å². The first-order chi connectivity index (χ1) is 10.1. The minimum atomic E-state index is 0.148. The van der Waals surface area contributed by atoms with E-state index in [4.69, 9.17) is 0 Å². The lowest BCUT2D eigenvalue weighted by molar-refractivity contribution is 0.0642. The molecule has 0 unspecified atom stereocenters. The van der Waals surface area contributed by atoms with Crippen LogP contribution >= 0.6 is 0 Å². The van der Waals surface area contributed by atoms with Crippen molar-refractivity contribution in [2.45, 2.75) is 46.6 Å². The Bertz CT molecular complexity index is 596. The molecule has 0 atom stereocenters. The number of benzene rings is 1. The van der Waals surface area contributed by atoms with Crippen LogP contribution < -0.4 is 0 Å². The molecule has 1 amide bonds. The van der Waals surface area contributed by atoms with Gasteiger partial charge in [0.15, 0.2) is 0 Å². The third-order valence-electron chi connectivity index (χ3n) is 4.03. The second kappa shape index (κ2) is 6.79. The van der Waals surface area contributed by atoms with Crippen LogP contribution in [0.5, 0.6) is 0 Å². The van der Waals surface area contributed by atoms with Crippen LogP contribution in [0.2, 0.25) is 0 Å². The molecule has 0 spiro atoms. The van der Waals surface area contributed by atoms with Crippen molar-refractivity contribution < 1.29 is 4.79 Å². The number of para-hydroxylation sites is 1. The van der Waals surface area contributed by atoms with Gasteiger partial charge in [0, 0.05) is 29.7 Å². The van der Waals surface area contributed by atoms with E-state index in [1.165, 1.54) is 0 Å². The summed E-state index contributed by atoms with van der Waals surface area (Å²) in [4.78, 5) is 18.3. The summed E-state index contributed by atoms with van der Waals surface area (Å²) < 4.78 is 0. The number of nitrogens with zero attached hydrogens (tertiary/aromatic N) is 1. The number of amides is 1. The van der Waals surface area contributed by atoms with Gasteiger partial charge >= 0.3 is 0 Å². The number of hydrogen-bond donors (Lipinski definition) is 1. The third-order valence-corrected chi connectivity index (χ3v) is 4.03. The first kappa shape index (κ1) is 15.6. The van der Waals surface area contributed by atoms with Gasteiger partial charge < -0.3 is 9.88 Å². The van der Waals surface area contributed by atoms with Crippen molar-refractivity contribution in [1.82, 2.24) is 9.88 Å². The lowest BCUT2D eigenvalue weighted by Crippen LogP contribution is -2.42. The second-order valence-electron chi connectivity index (χ2n) is 6.07. The van der Waals surface area contributed by atoms with Crippen molar-refractivity contribution in [3.8, 4) is 0 Å². The van der Waals surface area contributed by atoms with E-state index in [0.29, 0.717) is 12.0 Å². The Balaban J connectivity index is 2.37. The maximum Gasteiger partial charge on any atom is 0.256 e. The molecule has 3 nitrogen and oxygen atoms in total. The van der Waals surface area contributed by atoms with Gasteiger partial charge in [-0.1, -0.05) is 45.9 Å². The SMILES string of the molecule is CCC(CC)N(CC(C)C)C(=O)c1c[nH]c2ccccc12. The Morgan fingerprint density at radius 2 is 1.86 bits per heavy atom. The van der Waals surface area contributed by atoms with Crippen LogP contribution in [0, 0.1) is 5.92 Å². The monoisotopic (exact) mass is 286 g/mol. The first-order valence-electron chi connectivity index (χ1n) is 7.95. The van der Waals surface area contributed by atoms with Gasteiger partial charge in [-0.25, -0.2) is 0 Å². The number of carbonyl (C=O) groups excluding carboxylic acids is 1. The minimum Gasteiger partial charge on any atom is -0.360 e. The summed E-state index contributed by atoms with van der Waals surface area (Å²) in [5.74, 6) is 0.620. The average Bonchev–Trinajstić information content (AvgIpc) is 2.90. The summed E-state index contributed by atoms with van der Waals surface area (Å²) in [5.41, 5.74) is 1.81. The molecule has 1 N–H and O–H groups in total. The van der Waals surface area contributed by atoms with Crippen LogP contribution in [-0.4, -0.2) is 28.4 Å². The molecule has 1 aromatic carbocycles. The molecule has 3 heteroatoms.